The van der Waals surface area contributed by atoms with Crippen molar-refractivity contribution < 1.29 is 0 Å². The molecule has 0 saturated heterocycles. The Morgan fingerprint density at radius 3 is 2.22 bits per heavy atom. The molecule has 0 nitrogen and oxygen atoms in total. The fraction of sp³-hybridized carbons (Fsp3) is 1.00. The highest BCUT2D eigenvalue weighted by molar-refractivity contribution is 4.81. The van der Waals surface area contributed by atoms with E-state index in [1.807, 2.05) is 0 Å². The van der Waals surface area contributed by atoms with Crippen LogP contribution in [-0.4, -0.2) is 0 Å². The summed E-state index contributed by atoms with van der Waals surface area (Å²) in [5, 5.41) is 0. The molecule has 0 bridgehead atoms. The zero-order chi connectivity index (χ0) is 13.1. The van der Waals surface area contributed by atoms with Crippen LogP contribution in [0.15, 0.2) is 0 Å². The summed E-state index contributed by atoms with van der Waals surface area (Å²) in [4.78, 5) is 0. The van der Waals surface area contributed by atoms with Crippen LogP contribution in [0.1, 0.15) is 79.1 Å². The molecular weight excluding hydrogens is 216 g/mol. The lowest BCUT2D eigenvalue weighted by atomic mass is 9.67. The Kier molecular flexibility index (Phi) is 5.15. The lowest BCUT2D eigenvalue weighted by Crippen LogP contribution is -2.28. The Hall–Kier alpha value is 0. The van der Waals surface area contributed by atoms with Crippen molar-refractivity contribution in [2.24, 2.45) is 35.5 Å². The van der Waals surface area contributed by atoms with Crippen LogP contribution in [0.2, 0.25) is 0 Å². The van der Waals surface area contributed by atoms with Gasteiger partial charge in [0.25, 0.3) is 0 Å². The molecule has 2 rings (SSSR count). The van der Waals surface area contributed by atoms with Gasteiger partial charge in [-0.1, -0.05) is 59.8 Å². The average Bonchev–Trinajstić information content (AvgIpc) is 2.36. The molecule has 0 aromatic rings. The normalized spacial score (nSPS) is 43.7. The van der Waals surface area contributed by atoms with Gasteiger partial charge in [0.1, 0.15) is 0 Å². The maximum absolute atomic E-state index is 2.55. The smallest absolute Gasteiger partial charge is 0.0383 e. The summed E-state index contributed by atoms with van der Waals surface area (Å²) < 4.78 is 0. The molecule has 0 aromatic heterocycles. The van der Waals surface area contributed by atoms with Gasteiger partial charge in [-0.25, -0.2) is 0 Å². The molecule has 0 spiro atoms. The first kappa shape index (κ1) is 14.4. The highest BCUT2D eigenvalue weighted by atomic mass is 14.4. The summed E-state index contributed by atoms with van der Waals surface area (Å²) in [6, 6.07) is 0. The van der Waals surface area contributed by atoms with Crippen LogP contribution in [0.4, 0.5) is 0 Å². The van der Waals surface area contributed by atoms with E-state index in [1.165, 1.54) is 51.4 Å². The zero-order valence-corrected chi connectivity index (χ0v) is 13.1. The Morgan fingerprint density at radius 1 is 0.889 bits per heavy atom. The molecule has 18 heavy (non-hydrogen) atoms. The maximum atomic E-state index is 2.55. The number of rotatable bonds is 3. The van der Waals surface area contributed by atoms with E-state index in [2.05, 4.69) is 27.7 Å². The summed E-state index contributed by atoms with van der Waals surface area (Å²) in [7, 11) is 0. The Morgan fingerprint density at radius 2 is 1.56 bits per heavy atom. The van der Waals surface area contributed by atoms with Crippen LogP contribution in [0, 0.1) is 35.5 Å². The molecule has 0 aromatic carbocycles. The van der Waals surface area contributed by atoms with E-state index in [0.717, 1.165) is 35.5 Å². The second-order valence-corrected chi connectivity index (χ2v) is 7.76. The van der Waals surface area contributed by atoms with Crippen molar-refractivity contribution in [2.75, 3.05) is 0 Å². The molecule has 0 heteroatoms. The third-order valence-electron chi connectivity index (χ3n) is 6.42. The van der Waals surface area contributed by atoms with Crippen LogP contribution in [0.25, 0.3) is 0 Å². The van der Waals surface area contributed by atoms with E-state index in [1.54, 1.807) is 0 Å². The van der Waals surface area contributed by atoms with Crippen molar-refractivity contribution in [2.45, 2.75) is 79.1 Å². The van der Waals surface area contributed by atoms with Crippen molar-refractivity contribution in [3.05, 3.63) is 0 Å². The van der Waals surface area contributed by atoms with Gasteiger partial charge in [-0.15, -0.1) is 0 Å². The SMILES string of the molecule is CC1CCC(C(C)CC2CCCC(C)C2C)CC1. The van der Waals surface area contributed by atoms with E-state index in [9.17, 15) is 0 Å². The quantitative estimate of drug-likeness (QED) is 0.584. The minimum atomic E-state index is 0.974. The fourth-order valence-electron chi connectivity index (χ4n) is 4.55. The van der Waals surface area contributed by atoms with E-state index in [-0.39, 0.29) is 0 Å². The predicted molar refractivity (Wildman–Crippen MR) is 80.6 cm³/mol. The lowest BCUT2D eigenvalue weighted by Gasteiger charge is -2.38. The third-order valence-corrected chi connectivity index (χ3v) is 6.42. The van der Waals surface area contributed by atoms with Crippen LogP contribution < -0.4 is 0 Å². The van der Waals surface area contributed by atoms with Gasteiger partial charge in [-0.2, -0.15) is 0 Å². The summed E-state index contributed by atoms with van der Waals surface area (Å²) in [5.41, 5.74) is 0. The van der Waals surface area contributed by atoms with Crippen LogP contribution in [0.3, 0.4) is 0 Å². The van der Waals surface area contributed by atoms with E-state index >= 15 is 0 Å². The van der Waals surface area contributed by atoms with Gasteiger partial charge in [-0.3, -0.25) is 0 Å². The van der Waals surface area contributed by atoms with Gasteiger partial charge in [0.05, 0.1) is 0 Å². The van der Waals surface area contributed by atoms with Crippen molar-refractivity contribution in [3.8, 4) is 0 Å². The minimum Gasteiger partial charge on any atom is -0.0625 e. The molecule has 0 amide bonds. The van der Waals surface area contributed by atoms with Crippen molar-refractivity contribution in [1.29, 1.82) is 0 Å². The Balaban J connectivity index is 1.81. The van der Waals surface area contributed by atoms with E-state index in [0.29, 0.717) is 0 Å². The lowest BCUT2D eigenvalue weighted by molar-refractivity contribution is 0.124. The van der Waals surface area contributed by atoms with Crippen LogP contribution in [0.5, 0.6) is 0 Å². The van der Waals surface area contributed by atoms with Gasteiger partial charge >= 0.3 is 0 Å². The molecular formula is C18H34. The minimum absolute atomic E-state index is 0.974. The molecule has 106 valence electrons. The monoisotopic (exact) mass is 250 g/mol. The summed E-state index contributed by atoms with van der Waals surface area (Å²) in [5.74, 6) is 6.01. The predicted octanol–water partition coefficient (Wildman–Crippen LogP) is 5.91. The molecule has 0 N–H and O–H groups in total. The first-order valence-corrected chi connectivity index (χ1v) is 8.58. The van der Waals surface area contributed by atoms with Gasteiger partial charge in [0.2, 0.25) is 0 Å². The van der Waals surface area contributed by atoms with Crippen LogP contribution >= 0.6 is 0 Å². The highest BCUT2D eigenvalue weighted by Crippen LogP contribution is 2.41. The molecule has 0 radical (unpaired) electrons. The first-order valence-electron chi connectivity index (χ1n) is 8.58. The molecule has 2 saturated carbocycles. The number of hydrogen-bond acceptors (Lipinski definition) is 0. The van der Waals surface area contributed by atoms with Gasteiger partial charge in [0.15, 0.2) is 0 Å². The molecule has 4 unspecified atom stereocenters. The first-order chi connectivity index (χ1) is 8.58. The van der Waals surface area contributed by atoms with Crippen LogP contribution in [-0.2, 0) is 0 Å². The van der Waals surface area contributed by atoms with Gasteiger partial charge < -0.3 is 0 Å². The van der Waals surface area contributed by atoms with Gasteiger partial charge in [0, 0.05) is 0 Å². The zero-order valence-electron chi connectivity index (χ0n) is 13.1. The number of hydrogen-bond donors (Lipinski definition) is 0. The Labute approximate surface area is 115 Å². The molecule has 4 atom stereocenters. The second-order valence-electron chi connectivity index (χ2n) is 7.76. The largest absolute Gasteiger partial charge is 0.0625 e. The molecule has 2 fully saturated rings. The standard InChI is InChI=1S/C18H34/c1-13-8-10-17(11-9-13)15(3)12-18-7-5-6-14(2)16(18)4/h13-18H,5-12H2,1-4H3. The Bertz CT molecular complexity index is 236. The highest BCUT2D eigenvalue weighted by Gasteiger charge is 2.31. The third kappa shape index (κ3) is 3.52. The average molecular weight is 250 g/mol. The molecule has 2 aliphatic rings. The van der Waals surface area contributed by atoms with Crippen molar-refractivity contribution in [1.82, 2.24) is 0 Å². The maximum Gasteiger partial charge on any atom is -0.0383 e. The van der Waals surface area contributed by atoms with Gasteiger partial charge in [-0.05, 0) is 54.8 Å². The summed E-state index contributed by atoms with van der Waals surface area (Å²) in [6.07, 6.45) is 12.0. The molecule has 0 aliphatic heterocycles. The van der Waals surface area contributed by atoms with Crippen molar-refractivity contribution >= 4 is 0 Å². The summed E-state index contributed by atoms with van der Waals surface area (Å²) >= 11 is 0. The molecule has 2 aliphatic carbocycles. The van der Waals surface area contributed by atoms with E-state index in [4.69, 9.17) is 0 Å². The fourth-order valence-corrected chi connectivity index (χ4v) is 4.55. The van der Waals surface area contributed by atoms with Crippen molar-refractivity contribution in [3.63, 3.8) is 0 Å². The topological polar surface area (TPSA) is 0 Å². The summed E-state index contributed by atoms with van der Waals surface area (Å²) in [6.45, 7) is 9.98. The molecule has 0 heterocycles. The van der Waals surface area contributed by atoms with E-state index < -0.39 is 0 Å². The second kappa shape index (κ2) is 6.44.